The van der Waals surface area contributed by atoms with Crippen molar-refractivity contribution in [3.05, 3.63) is 16.9 Å². The van der Waals surface area contributed by atoms with Gasteiger partial charge in [0.1, 0.15) is 0 Å². The van der Waals surface area contributed by atoms with Crippen molar-refractivity contribution in [1.29, 1.82) is 0 Å². The van der Waals surface area contributed by atoms with Gasteiger partial charge in [-0.2, -0.15) is 0 Å². The van der Waals surface area contributed by atoms with Crippen molar-refractivity contribution in [2.24, 2.45) is 0 Å². The molecule has 1 amide bonds. The number of rotatable bonds is 4. The summed E-state index contributed by atoms with van der Waals surface area (Å²) in [4.78, 5) is 18.0. The average Bonchev–Trinajstić information content (AvgIpc) is 2.15. The summed E-state index contributed by atoms with van der Waals surface area (Å²) in [5.41, 5.74) is 0. The van der Waals surface area contributed by atoms with Crippen LogP contribution in [0.1, 0.15) is 0 Å². The molecule has 0 aliphatic rings. The highest BCUT2D eigenvalue weighted by Gasteiger charge is 1.95. The van der Waals surface area contributed by atoms with Crippen LogP contribution in [-0.2, 0) is 0 Å². The molecule has 0 radical (unpaired) electrons. The molecule has 0 saturated carbocycles. The molecule has 0 bridgehead atoms. The summed E-state index contributed by atoms with van der Waals surface area (Å²) < 4.78 is 0.798. The van der Waals surface area contributed by atoms with E-state index in [-0.39, 0.29) is 0 Å². The summed E-state index contributed by atoms with van der Waals surface area (Å²) in [5, 5.41) is 13.3. The van der Waals surface area contributed by atoms with Crippen molar-refractivity contribution in [2.75, 3.05) is 18.4 Å². The number of hydrogen-bond acceptors (Lipinski definition) is 4. The number of carboxylic acid groups (broad SMARTS) is 1. The molecule has 0 atom stereocenters. The summed E-state index contributed by atoms with van der Waals surface area (Å²) in [6.45, 7) is 0.767. The van der Waals surface area contributed by atoms with Crippen LogP contribution in [0.4, 0.5) is 10.7 Å². The second-order valence-electron chi connectivity index (χ2n) is 2.38. The van der Waals surface area contributed by atoms with Crippen LogP contribution in [0.2, 0.25) is 0 Å². The number of amides is 1. The first-order chi connectivity index (χ1) is 6.68. The van der Waals surface area contributed by atoms with Gasteiger partial charge in [0.25, 0.3) is 0 Å². The van der Waals surface area contributed by atoms with Gasteiger partial charge in [0.05, 0.1) is 4.47 Å². The van der Waals surface area contributed by atoms with Crippen LogP contribution < -0.4 is 10.6 Å². The van der Waals surface area contributed by atoms with E-state index < -0.39 is 6.09 Å². The van der Waals surface area contributed by atoms with E-state index in [1.165, 1.54) is 0 Å². The van der Waals surface area contributed by atoms with Crippen molar-refractivity contribution in [2.45, 2.75) is 0 Å². The zero-order valence-electron chi connectivity index (χ0n) is 7.20. The Bertz CT molecular complexity index is 303. The van der Waals surface area contributed by atoms with Crippen molar-refractivity contribution >= 4 is 28.0 Å². The highest BCUT2D eigenvalue weighted by Crippen LogP contribution is 2.05. The SMILES string of the molecule is O=C(O)NCCNc1ncc(Br)cn1. The van der Waals surface area contributed by atoms with Crippen molar-refractivity contribution in [1.82, 2.24) is 15.3 Å². The Balaban J connectivity index is 2.25. The summed E-state index contributed by atoms with van der Waals surface area (Å²) in [6, 6.07) is 0. The molecular weight excluding hydrogens is 252 g/mol. The second kappa shape index (κ2) is 5.38. The summed E-state index contributed by atoms with van der Waals surface area (Å²) in [7, 11) is 0. The zero-order valence-corrected chi connectivity index (χ0v) is 8.78. The minimum Gasteiger partial charge on any atom is -0.465 e. The monoisotopic (exact) mass is 260 g/mol. The molecular formula is C7H9BrN4O2. The van der Waals surface area contributed by atoms with Crippen LogP contribution in [0, 0.1) is 0 Å². The fourth-order valence-electron chi connectivity index (χ4n) is 0.747. The van der Waals surface area contributed by atoms with Crippen molar-refractivity contribution < 1.29 is 9.90 Å². The topological polar surface area (TPSA) is 87.1 Å². The first-order valence-electron chi connectivity index (χ1n) is 3.86. The molecule has 1 heterocycles. The van der Waals surface area contributed by atoms with Gasteiger partial charge in [0.15, 0.2) is 0 Å². The van der Waals surface area contributed by atoms with E-state index in [2.05, 4.69) is 36.5 Å². The molecule has 6 nitrogen and oxygen atoms in total. The molecule has 14 heavy (non-hydrogen) atoms. The van der Waals surface area contributed by atoms with Gasteiger partial charge in [-0.1, -0.05) is 0 Å². The summed E-state index contributed by atoms with van der Waals surface area (Å²) >= 11 is 3.20. The third-order valence-corrected chi connectivity index (χ3v) is 1.71. The second-order valence-corrected chi connectivity index (χ2v) is 3.30. The zero-order chi connectivity index (χ0) is 10.4. The lowest BCUT2D eigenvalue weighted by atomic mass is 10.6. The molecule has 1 aromatic heterocycles. The fraction of sp³-hybridized carbons (Fsp3) is 0.286. The Morgan fingerprint density at radius 2 is 2.07 bits per heavy atom. The van der Waals surface area contributed by atoms with Crippen LogP contribution in [-0.4, -0.2) is 34.3 Å². The molecule has 76 valence electrons. The maximum atomic E-state index is 10.1. The van der Waals surface area contributed by atoms with Gasteiger partial charge in [0.2, 0.25) is 5.95 Å². The largest absolute Gasteiger partial charge is 0.465 e. The minimum atomic E-state index is -1.04. The molecule has 0 aliphatic carbocycles. The fourth-order valence-corrected chi connectivity index (χ4v) is 0.952. The molecule has 0 fully saturated rings. The summed E-state index contributed by atoms with van der Waals surface area (Å²) in [6.07, 6.45) is 2.18. The van der Waals surface area contributed by atoms with E-state index in [0.717, 1.165) is 4.47 Å². The lowest BCUT2D eigenvalue weighted by Crippen LogP contribution is -2.27. The van der Waals surface area contributed by atoms with Gasteiger partial charge in [0, 0.05) is 25.5 Å². The van der Waals surface area contributed by atoms with Gasteiger partial charge in [-0.15, -0.1) is 0 Å². The number of carbonyl (C=O) groups is 1. The lowest BCUT2D eigenvalue weighted by Gasteiger charge is -2.03. The van der Waals surface area contributed by atoms with E-state index >= 15 is 0 Å². The van der Waals surface area contributed by atoms with Gasteiger partial charge in [-0.3, -0.25) is 0 Å². The van der Waals surface area contributed by atoms with Crippen LogP contribution >= 0.6 is 15.9 Å². The third kappa shape index (κ3) is 4.04. The standard InChI is InChI=1S/C7H9BrN4O2/c8-5-3-11-6(12-4-5)9-1-2-10-7(13)14/h3-4,10H,1-2H2,(H,13,14)(H,9,11,12). The van der Waals surface area contributed by atoms with Crippen LogP contribution in [0.25, 0.3) is 0 Å². The molecule has 0 aromatic carbocycles. The number of halogens is 1. The smallest absolute Gasteiger partial charge is 0.404 e. The minimum absolute atomic E-state index is 0.314. The van der Waals surface area contributed by atoms with Crippen molar-refractivity contribution in [3.63, 3.8) is 0 Å². The number of hydrogen-bond donors (Lipinski definition) is 3. The number of anilines is 1. The van der Waals surface area contributed by atoms with Gasteiger partial charge < -0.3 is 15.7 Å². The van der Waals surface area contributed by atoms with Gasteiger partial charge in [-0.05, 0) is 15.9 Å². The Labute approximate surface area is 88.9 Å². The molecule has 0 unspecified atom stereocenters. The van der Waals surface area contributed by atoms with Crippen molar-refractivity contribution in [3.8, 4) is 0 Å². The number of aromatic nitrogens is 2. The van der Waals surface area contributed by atoms with E-state index in [1.54, 1.807) is 12.4 Å². The molecule has 0 saturated heterocycles. The Kier molecular flexibility index (Phi) is 4.11. The van der Waals surface area contributed by atoms with Gasteiger partial charge in [-0.25, -0.2) is 14.8 Å². The maximum Gasteiger partial charge on any atom is 0.404 e. The molecule has 3 N–H and O–H groups in total. The van der Waals surface area contributed by atoms with Gasteiger partial charge >= 0.3 is 6.09 Å². The highest BCUT2D eigenvalue weighted by atomic mass is 79.9. The van der Waals surface area contributed by atoms with E-state index in [9.17, 15) is 4.79 Å². The van der Waals surface area contributed by atoms with E-state index in [4.69, 9.17) is 5.11 Å². The molecule has 7 heteroatoms. The Hall–Kier alpha value is -1.37. The number of nitrogens with one attached hydrogen (secondary N) is 2. The van der Waals surface area contributed by atoms with Crippen LogP contribution in [0.3, 0.4) is 0 Å². The first kappa shape index (κ1) is 10.7. The van der Waals surface area contributed by atoms with E-state index in [1.807, 2.05) is 0 Å². The average molecular weight is 261 g/mol. The Morgan fingerprint density at radius 3 is 2.64 bits per heavy atom. The van der Waals surface area contributed by atoms with Crippen LogP contribution in [0.15, 0.2) is 16.9 Å². The third-order valence-electron chi connectivity index (χ3n) is 1.30. The first-order valence-corrected chi connectivity index (χ1v) is 4.66. The highest BCUT2D eigenvalue weighted by molar-refractivity contribution is 9.10. The molecule has 1 aromatic rings. The number of nitrogens with zero attached hydrogens (tertiary/aromatic N) is 2. The quantitative estimate of drug-likeness (QED) is 0.701. The maximum absolute atomic E-state index is 10.1. The molecule has 1 rings (SSSR count). The summed E-state index contributed by atoms with van der Waals surface area (Å²) in [5.74, 6) is 0.473. The normalized spacial score (nSPS) is 9.50. The molecule has 0 aliphatic heterocycles. The molecule has 0 spiro atoms. The lowest BCUT2D eigenvalue weighted by molar-refractivity contribution is 0.195. The Morgan fingerprint density at radius 1 is 1.43 bits per heavy atom. The predicted octanol–water partition coefficient (Wildman–Crippen LogP) is 0.919. The predicted molar refractivity (Wildman–Crippen MR) is 54.2 cm³/mol. The van der Waals surface area contributed by atoms with Crippen LogP contribution in [0.5, 0.6) is 0 Å². The van der Waals surface area contributed by atoms with E-state index in [0.29, 0.717) is 19.0 Å².